The van der Waals surface area contributed by atoms with Crippen molar-refractivity contribution in [1.82, 2.24) is 5.32 Å². The molecule has 5 heteroatoms. The number of hydrogen-bond acceptors (Lipinski definition) is 3. The Morgan fingerprint density at radius 3 is 2.41 bits per heavy atom. The van der Waals surface area contributed by atoms with Gasteiger partial charge in [0, 0.05) is 16.6 Å². The molecule has 0 saturated heterocycles. The van der Waals surface area contributed by atoms with Crippen molar-refractivity contribution in [3.05, 3.63) is 59.7 Å². The van der Waals surface area contributed by atoms with Gasteiger partial charge in [-0.25, -0.2) is 0 Å². The van der Waals surface area contributed by atoms with Crippen LogP contribution in [0.1, 0.15) is 49.5 Å². The lowest BCUT2D eigenvalue weighted by atomic mass is 10.1. The van der Waals surface area contributed by atoms with Gasteiger partial charge in [0.1, 0.15) is 0 Å². The molecular formula is C22H28N2O2S. The molecule has 0 fully saturated rings. The normalized spacial score (nSPS) is 10.7. The fraction of sp³-hybridized carbons (Fsp3) is 0.364. The molecule has 0 aliphatic rings. The molecule has 2 aromatic rings. The molecule has 0 heterocycles. The van der Waals surface area contributed by atoms with Crippen LogP contribution in [0.4, 0.5) is 5.69 Å². The van der Waals surface area contributed by atoms with Crippen LogP contribution < -0.4 is 10.6 Å². The lowest BCUT2D eigenvalue weighted by molar-refractivity contribution is -0.119. The number of carbonyl (C=O) groups excluding carboxylic acids is 2. The number of benzene rings is 2. The fourth-order valence-corrected chi connectivity index (χ4v) is 3.48. The topological polar surface area (TPSA) is 58.2 Å². The third-order valence-electron chi connectivity index (χ3n) is 3.97. The molecule has 0 aromatic heterocycles. The fourth-order valence-electron chi connectivity index (χ4n) is 2.62. The van der Waals surface area contributed by atoms with Crippen molar-refractivity contribution in [1.29, 1.82) is 0 Å². The Hall–Kier alpha value is -2.27. The summed E-state index contributed by atoms with van der Waals surface area (Å²) in [6.07, 6.45) is 3.39. The third kappa shape index (κ3) is 7.10. The van der Waals surface area contributed by atoms with Crippen LogP contribution in [0.2, 0.25) is 0 Å². The van der Waals surface area contributed by atoms with Gasteiger partial charge in [0.05, 0.1) is 11.3 Å². The van der Waals surface area contributed by atoms with E-state index in [2.05, 4.69) is 29.7 Å². The SMILES string of the molecule is CCCCc1ccc(NC(=O)c2ccccc2SCC(=O)NC(C)C)cc1. The van der Waals surface area contributed by atoms with E-state index in [1.165, 1.54) is 30.2 Å². The number of rotatable bonds is 9. The van der Waals surface area contributed by atoms with Crippen LogP contribution in [0.15, 0.2) is 53.4 Å². The highest BCUT2D eigenvalue weighted by Gasteiger charge is 2.13. The van der Waals surface area contributed by atoms with Crippen LogP contribution in [0, 0.1) is 0 Å². The van der Waals surface area contributed by atoms with Crippen molar-refractivity contribution in [3.8, 4) is 0 Å². The first-order valence-corrected chi connectivity index (χ1v) is 10.4. The quantitative estimate of drug-likeness (QED) is 0.605. The average molecular weight is 385 g/mol. The molecule has 27 heavy (non-hydrogen) atoms. The Balaban J connectivity index is 2.00. The number of aryl methyl sites for hydroxylation is 1. The summed E-state index contributed by atoms with van der Waals surface area (Å²) in [5.74, 6) is 0.0887. The number of hydrogen-bond donors (Lipinski definition) is 2. The van der Waals surface area contributed by atoms with Gasteiger partial charge in [-0.3, -0.25) is 9.59 Å². The van der Waals surface area contributed by atoms with Crippen molar-refractivity contribution in [3.63, 3.8) is 0 Å². The second-order valence-corrected chi connectivity index (χ2v) is 7.78. The molecule has 0 unspecified atom stereocenters. The summed E-state index contributed by atoms with van der Waals surface area (Å²) in [5.41, 5.74) is 2.63. The molecular weight excluding hydrogens is 356 g/mol. The minimum absolute atomic E-state index is 0.0344. The number of amides is 2. The van der Waals surface area contributed by atoms with Crippen LogP contribution >= 0.6 is 11.8 Å². The molecule has 0 saturated carbocycles. The molecule has 0 aliphatic heterocycles. The van der Waals surface area contributed by atoms with Gasteiger partial charge in [0.2, 0.25) is 5.91 Å². The molecule has 0 spiro atoms. The van der Waals surface area contributed by atoms with Gasteiger partial charge < -0.3 is 10.6 Å². The number of anilines is 1. The number of unbranched alkanes of at least 4 members (excludes halogenated alkanes) is 1. The zero-order valence-corrected chi connectivity index (χ0v) is 17.1. The minimum atomic E-state index is -0.163. The van der Waals surface area contributed by atoms with Crippen molar-refractivity contribution < 1.29 is 9.59 Å². The van der Waals surface area contributed by atoms with E-state index in [9.17, 15) is 9.59 Å². The van der Waals surface area contributed by atoms with Crippen molar-refractivity contribution >= 4 is 29.3 Å². The van der Waals surface area contributed by atoms with Crippen molar-refractivity contribution in [2.75, 3.05) is 11.1 Å². The molecule has 144 valence electrons. The first kappa shape index (κ1) is 21.0. The zero-order chi connectivity index (χ0) is 19.6. The van der Waals surface area contributed by atoms with Gasteiger partial charge in [-0.2, -0.15) is 0 Å². The summed E-state index contributed by atoms with van der Waals surface area (Å²) in [7, 11) is 0. The highest BCUT2D eigenvalue weighted by molar-refractivity contribution is 8.00. The van der Waals surface area contributed by atoms with E-state index in [0.29, 0.717) is 5.56 Å². The minimum Gasteiger partial charge on any atom is -0.353 e. The van der Waals surface area contributed by atoms with Crippen LogP contribution in [-0.4, -0.2) is 23.6 Å². The summed E-state index contributed by atoms with van der Waals surface area (Å²) >= 11 is 1.37. The van der Waals surface area contributed by atoms with Crippen LogP contribution in [0.25, 0.3) is 0 Å². The number of carbonyl (C=O) groups is 2. The smallest absolute Gasteiger partial charge is 0.256 e. The van der Waals surface area contributed by atoms with E-state index < -0.39 is 0 Å². The molecule has 2 N–H and O–H groups in total. The number of nitrogens with one attached hydrogen (secondary N) is 2. The lowest BCUT2D eigenvalue weighted by Gasteiger charge is -2.11. The highest BCUT2D eigenvalue weighted by atomic mass is 32.2. The summed E-state index contributed by atoms with van der Waals surface area (Å²) in [5, 5.41) is 5.81. The second-order valence-electron chi connectivity index (χ2n) is 6.76. The lowest BCUT2D eigenvalue weighted by Crippen LogP contribution is -2.31. The van der Waals surface area contributed by atoms with E-state index in [-0.39, 0.29) is 23.6 Å². The zero-order valence-electron chi connectivity index (χ0n) is 16.2. The first-order valence-electron chi connectivity index (χ1n) is 9.41. The van der Waals surface area contributed by atoms with Gasteiger partial charge in [-0.1, -0.05) is 37.6 Å². The van der Waals surface area contributed by atoms with E-state index in [4.69, 9.17) is 0 Å². The molecule has 2 amide bonds. The summed E-state index contributed by atoms with van der Waals surface area (Å²) in [4.78, 5) is 25.4. The largest absolute Gasteiger partial charge is 0.353 e. The van der Waals surface area contributed by atoms with Crippen molar-refractivity contribution in [2.24, 2.45) is 0 Å². The predicted octanol–water partition coefficient (Wildman–Crippen LogP) is 4.90. The van der Waals surface area contributed by atoms with Gasteiger partial charge in [-0.15, -0.1) is 11.8 Å². The summed E-state index contributed by atoms with van der Waals surface area (Å²) in [6, 6.07) is 15.5. The van der Waals surface area contributed by atoms with E-state index in [0.717, 1.165) is 17.0 Å². The monoisotopic (exact) mass is 384 g/mol. The molecule has 0 aliphatic carbocycles. The van der Waals surface area contributed by atoms with Crippen LogP contribution in [-0.2, 0) is 11.2 Å². The maximum atomic E-state index is 12.7. The maximum absolute atomic E-state index is 12.7. The maximum Gasteiger partial charge on any atom is 0.256 e. The first-order chi connectivity index (χ1) is 13.0. The van der Waals surface area contributed by atoms with Gasteiger partial charge in [-0.05, 0) is 56.5 Å². The molecule has 4 nitrogen and oxygen atoms in total. The van der Waals surface area contributed by atoms with E-state index in [1.807, 2.05) is 44.2 Å². The summed E-state index contributed by atoms with van der Waals surface area (Å²) < 4.78 is 0. The van der Waals surface area contributed by atoms with Gasteiger partial charge >= 0.3 is 0 Å². The third-order valence-corrected chi connectivity index (χ3v) is 5.04. The standard InChI is InChI=1S/C22H28N2O2S/c1-4-5-8-17-11-13-18(14-12-17)24-22(26)19-9-6-7-10-20(19)27-15-21(25)23-16(2)3/h6-7,9-14,16H,4-5,8,15H2,1-3H3,(H,23,25)(H,24,26). The Bertz CT molecular complexity index is 757. The van der Waals surface area contributed by atoms with E-state index in [1.54, 1.807) is 6.07 Å². The molecule has 0 bridgehead atoms. The molecule has 0 radical (unpaired) electrons. The summed E-state index contributed by atoms with van der Waals surface area (Å²) in [6.45, 7) is 6.03. The van der Waals surface area contributed by atoms with Crippen molar-refractivity contribution in [2.45, 2.75) is 51.0 Å². The number of thioether (sulfide) groups is 1. The average Bonchev–Trinajstić information content (AvgIpc) is 2.65. The van der Waals surface area contributed by atoms with Gasteiger partial charge in [0.15, 0.2) is 0 Å². The van der Waals surface area contributed by atoms with Crippen LogP contribution in [0.5, 0.6) is 0 Å². The molecule has 2 aromatic carbocycles. The molecule has 2 rings (SSSR count). The Morgan fingerprint density at radius 2 is 1.74 bits per heavy atom. The van der Waals surface area contributed by atoms with Gasteiger partial charge in [0.25, 0.3) is 5.91 Å². The Kier molecular flexibility index (Phi) is 8.40. The Morgan fingerprint density at radius 1 is 1.04 bits per heavy atom. The predicted molar refractivity (Wildman–Crippen MR) is 113 cm³/mol. The Labute approximate surface area is 166 Å². The van der Waals surface area contributed by atoms with Crippen LogP contribution in [0.3, 0.4) is 0 Å². The molecule has 0 atom stereocenters. The highest BCUT2D eigenvalue weighted by Crippen LogP contribution is 2.23. The second kappa shape index (κ2) is 10.8. The van der Waals surface area contributed by atoms with E-state index >= 15 is 0 Å².